The summed E-state index contributed by atoms with van der Waals surface area (Å²) >= 11 is 0. The molecular weight excluding hydrogens is 264 g/mol. The van der Waals surface area contributed by atoms with Gasteiger partial charge in [-0.25, -0.2) is 0 Å². The molecule has 1 aliphatic rings. The summed E-state index contributed by atoms with van der Waals surface area (Å²) in [5.41, 5.74) is 4.07. The average Bonchev–Trinajstić information content (AvgIpc) is 2.91. The second-order valence-electron chi connectivity index (χ2n) is 5.62. The molecule has 1 atom stereocenters. The first kappa shape index (κ1) is 14.0. The van der Waals surface area contributed by atoms with Gasteiger partial charge in [-0.3, -0.25) is 0 Å². The van der Waals surface area contributed by atoms with Crippen molar-refractivity contribution >= 4 is 5.69 Å². The van der Waals surface area contributed by atoms with Crippen molar-refractivity contribution in [3.8, 4) is 0 Å². The van der Waals surface area contributed by atoms with Crippen molar-refractivity contribution in [1.82, 2.24) is 25.5 Å². The van der Waals surface area contributed by atoms with E-state index in [1.54, 1.807) is 7.05 Å². The average molecular weight is 286 g/mol. The van der Waals surface area contributed by atoms with Crippen molar-refractivity contribution in [1.29, 1.82) is 0 Å². The lowest BCUT2D eigenvalue weighted by atomic mass is 9.97. The van der Waals surface area contributed by atoms with E-state index in [0.29, 0.717) is 6.04 Å². The zero-order valence-electron chi connectivity index (χ0n) is 12.9. The van der Waals surface area contributed by atoms with Gasteiger partial charge in [-0.1, -0.05) is 12.1 Å². The minimum atomic E-state index is 0.382. The van der Waals surface area contributed by atoms with Gasteiger partial charge in [-0.05, 0) is 49.2 Å². The van der Waals surface area contributed by atoms with E-state index < -0.39 is 0 Å². The monoisotopic (exact) mass is 286 g/mol. The first-order valence-electron chi connectivity index (χ1n) is 7.45. The Labute approximate surface area is 125 Å². The van der Waals surface area contributed by atoms with Crippen LogP contribution in [0.15, 0.2) is 18.2 Å². The molecule has 2 heterocycles. The molecule has 0 radical (unpaired) electrons. The molecule has 0 amide bonds. The number of nitrogens with one attached hydrogen (secondary N) is 1. The van der Waals surface area contributed by atoms with E-state index in [0.717, 1.165) is 25.3 Å². The predicted octanol–water partition coefficient (Wildman–Crippen LogP) is 1.44. The van der Waals surface area contributed by atoms with Crippen LogP contribution in [0.5, 0.6) is 0 Å². The van der Waals surface area contributed by atoms with Gasteiger partial charge in [0, 0.05) is 18.3 Å². The highest BCUT2D eigenvalue weighted by Crippen LogP contribution is 2.30. The summed E-state index contributed by atoms with van der Waals surface area (Å²) in [5.74, 6) is 0.776. The fraction of sp³-hybridized carbons (Fsp3) is 0.533. The van der Waals surface area contributed by atoms with Crippen LogP contribution in [0.3, 0.4) is 0 Å². The number of fused-ring (bicyclic) bond motifs is 1. The molecule has 0 spiro atoms. The zero-order valence-corrected chi connectivity index (χ0v) is 12.9. The molecule has 21 heavy (non-hydrogen) atoms. The molecule has 1 N–H and O–H groups in total. The van der Waals surface area contributed by atoms with Gasteiger partial charge in [0.05, 0.1) is 13.6 Å². The molecule has 0 fully saturated rings. The van der Waals surface area contributed by atoms with Crippen LogP contribution in [0.4, 0.5) is 5.69 Å². The molecule has 6 heteroatoms. The SMILES string of the molecule is CNC(C)c1ccc2c(c1)CCCN2Cc1nnn(C)n1. The number of hydrogen-bond acceptors (Lipinski definition) is 5. The third kappa shape index (κ3) is 2.90. The lowest BCUT2D eigenvalue weighted by Crippen LogP contribution is -2.29. The van der Waals surface area contributed by atoms with Gasteiger partial charge in [0.1, 0.15) is 0 Å². The summed E-state index contributed by atoms with van der Waals surface area (Å²) in [6.45, 7) is 3.96. The van der Waals surface area contributed by atoms with E-state index in [-0.39, 0.29) is 0 Å². The Hall–Kier alpha value is -1.95. The maximum absolute atomic E-state index is 4.28. The number of hydrogen-bond donors (Lipinski definition) is 1. The lowest BCUT2D eigenvalue weighted by molar-refractivity contribution is 0.623. The van der Waals surface area contributed by atoms with Crippen LogP contribution >= 0.6 is 0 Å². The molecule has 0 saturated heterocycles. The van der Waals surface area contributed by atoms with Crippen LogP contribution in [0.1, 0.15) is 36.3 Å². The first-order valence-corrected chi connectivity index (χ1v) is 7.45. The van der Waals surface area contributed by atoms with Crippen LogP contribution in [0, 0.1) is 0 Å². The maximum atomic E-state index is 4.28. The molecule has 3 rings (SSSR count). The highest BCUT2D eigenvalue weighted by molar-refractivity contribution is 5.57. The van der Waals surface area contributed by atoms with Gasteiger partial charge >= 0.3 is 0 Å². The molecular formula is C15H22N6. The number of aromatic nitrogens is 4. The van der Waals surface area contributed by atoms with Crippen LogP contribution in [0.25, 0.3) is 0 Å². The Morgan fingerprint density at radius 3 is 2.95 bits per heavy atom. The van der Waals surface area contributed by atoms with E-state index in [9.17, 15) is 0 Å². The van der Waals surface area contributed by atoms with Crippen molar-refractivity contribution in [3.05, 3.63) is 35.2 Å². The van der Waals surface area contributed by atoms with Gasteiger partial charge in [0.15, 0.2) is 5.82 Å². The molecule has 1 aromatic heterocycles. The standard InChI is InChI=1S/C15H22N6/c1-11(16-2)12-6-7-14-13(9-12)5-4-8-21(14)10-15-17-19-20(3)18-15/h6-7,9,11,16H,4-5,8,10H2,1-3H3. The van der Waals surface area contributed by atoms with Crippen molar-refractivity contribution in [2.24, 2.45) is 7.05 Å². The van der Waals surface area contributed by atoms with Gasteiger partial charge in [-0.2, -0.15) is 4.80 Å². The predicted molar refractivity (Wildman–Crippen MR) is 82.1 cm³/mol. The number of benzene rings is 1. The molecule has 0 bridgehead atoms. The van der Waals surface area contributed by atoms with Crippen molar-refractivity contribution in [3.63, 3.8) is 0 Å². The van der Waals surface area contributed by atoms with Gasteiger partial charge < -0.3 is 10.2 Å². The van der Waals surface area contributed by atoms with Gasteiger partial charge in [0.25, 0.3) is 0 Å². The smallest absolute Gasteiger partial charge is 0.193 e. The number of tetrazole rings is 1. The molecule has 1 aromatic carbocycles. The summed E-state index contributed by atoms with van der Waals surface area (Å²) in [6, 6.07) is 7.15. The summed E-state index contributed by atoms with van der Waals surface area (Å²) in [4.78, 5) is 3.86. The van der Waals surface area contributed by atoms with E-state index in [4.69, 9.17) is 0 Å². The Morgan fingerprint density at radius 2 is 2.24 bits per heavy atom. The molecule has 112 valence electrons. The van der Waals surface area contributed by atoms with E-state index in [1.165, 1.54) is 28.0 Å². The van der Waals surface area contributed by atoms with Crippen LogP contribution in [0.2, 0.25) is 0 Å². The Morgan fingerprint density at radius 1 is 1.38 bits per heavy atom. The largest absolute Gasteiger partial charge is 0.364 e. The second kappa shape index (κ2) is 5.81. The quantitative estimate of drug-likeness (QED) is 0.921. The molecule has 1 aliphatic heterocycles. The van der Waals surface area contributed by atoms with Gasteiger partial charge in [0.2, 0.25) is 0 Å². The second-order valence-corrected chi connectivity index (χ2v) is 5.62. The minimum absolute atomic E-state index is 0.382. The van der Waals surface area contributed by atoms with Crippen LogP contribution < -0.4 is 10.2 Å². The Bertz CT molecular complexity index is 620. The summed E-state index contributed by atoms with van der Waals surface area (Å²) < 4.78 is 0. The van der Waals surface area contributed by atoms with Crippen LogP contribution in [-0.2, 0) is 20.0 Å². The summed E-state index contributed by atoms with van der Waals surface area (Å²) in [6.07, 6.45) is 2.31. The zero-order chi connectivity index (χ0) is 14.8. The molecule has 0 aliphatic carbocycles. The van der Waals surface area contributed by atoms with E-state index >= 15 is 0 Å². The summed E-state index contributed by atoms with van der Waals surface area (Å²) in [5, 5.41) is 15.6. The van der Waals surface area contributed by atoms with E-state index in [1.807, 2.05) is 7.05 Å². The Balaban J connectivity index is 1.84. The highest BCUT2D eigenvalue weighted by atomic mass is 15.6. The molecule has 6 nitrogen and oxygen atoms in total. The third-order valence-corrected chi connectivity index (χ3v) is 4.13. The number of aryl methyl sites for hydroxylation is 2. The first-order chi connectivity index (χ1) is 10.2. The summed E-state index contributed by atoms with van der Waals surface area (Å²) in [7, 11) is 3.79. The fourth-order valence-electron chi connectivity index (χ4n) is 2.85. The van der Waals surface area contributed by atoms with Crippen molar-refractivity contribution in [2.75, 3.05) is 18.5 Å². The van der Waals surface area contributed by atoms with Crippen molar-refractivity contribution < 1.29 is 0 Å². The van der Waals surface area contributed by atoms with E-state index in [2.05, 4.69) is 50.8 Å². The number of anilines is 1. The maximum Gasteiger partial charge on any atom is 0.193 e. The molecule has 0 saturated carbocycles. The number of nitrogens with zero attached hydrogens (tertiary/aromatic N) is 5. The minimum Gasteiger partial charge on any atom is -0.364 e. The Kier molecular flexibility index (Phi) is 3.88. The van der Waals surface area contributed by atoms with Gasteiger partial charge in [-0.15, -0.1) is 10.2 Å². The third-order valence-electron chi connectivity index (χ3n) is 4.13. The lowest BCUT2D eigenvalue weighted by Gasteiger charge is -2.31. The van der Waals surface area contributed by atoms with Crippen LogP contribution in [-0.4, -0.2) is 33.8 Å². The number of rotatable bonds is 4. The fourth-order valence-corrected chi connectivity index (χ4v) is 2.85. The normalized spacial score (nSPS) is 15.9. The van der Waals surface area contributed by atoms with Crippen molar-refractivity contribution in [2.45, 2.75) is 32.4 Å². The molecule has 2 aromatic rings. The molecule has 1 unspecified atom stereocenters. The topological polar surface area (TPSA) is 58.9 Å². The highest BCUT2D eigenvalue weighted by Gasteiger charge is 2.19.